The third kappa shape index (κ3) is 4.87. The highest BCUT2D eigenvalue weighted by atomic mass is 16.3. The Kier molecular flexibility index (Phi) is 7.37. The van der Waals surface area contributed by atoms with E-state index in [-0.39, 0.29) is 36.5 Å². The fourth-order valence-corrected chi connectivity index (χ4v) is 6.73. The predicted molar refractivity (Wildman–Crippen MR) is 128 cm³/mol. The highest BCUT2D eigenvalue weighted by Gasteiger charge is 2.47. The van der Waals surface area contributed by atoms with E-state index in [4.69, 9.17) is 0 Å². The quantitative estimate of drug-likeness (QED) is 0.325. The van der Waals surface area contributed by atoms with E-state index in [1.807, 2.05) is 6.92 Å². The first-order chi connectivity index (χ1) is 16.0. The van der Waals surface area contributed by atoms with Crippen molar-refractivity contribution in [2.75, 3.05) is 39.3 Å². The summed E-state index contributed by atoms with van der Waals surface area (Å²) in [4.78, 5) is 18.2. The van der Waals surface area contributed by atoms with Gasteiger partial charge in [0.15, 0.2) is 0 Å². The lowest BCUT2D eigenvalue weighted by molar-refractivity contribution is -0.138. The molecule has 9 nitrogen and oxygen atoms in total. The first kappa shape index (κ1) is 23.7. The van der Waals surface area contributed by atoms with E-state index < -0.39 is 6.10 Å². The van der Waals surface area contributed by atoms with Crippen molar-refractivity contribution in [3.63, 3.8) is 0 Å². The van der Waals surface area contributed by atoms with Gasteiger partial charge in [-0.15, -0.1) is 0 Å². The maximum absolute atomic E-state index is 13.5. The maximum atomic E-state index is 13.5. The van der Waals surface area contributed by atoms with E-state index in [0.29, 0.717) is 11.6 Å². The van der Waals surface area contributed by atoms with Gasteiger partial charge in [0.2, 0.25) is 0 Å². The van der Waals surface area contributed by atoms with Gasteiger partial charge in [-0.1, -0.05) is 18.4 Å². The van der Waals surface area contributed by atoms with Crippen molar-refractivity contribution >= 4 is 5.91 Å². The molecule has 6 atom stereocenters. The summed E-state index contributed by atoms with van der Waals surface area (Å²) in [5.41, 5.74) is 1.63. The molecule has 4 fully saturated rings. The largest absolute Gasteiger partial charge is 0.389 e. The molecule has 3 saturated heterocycles. The zero-order valence-corrected chi connectivity index (χ0v) is 20.3. The van der Waals surface area contributed by atoms with Crippen LogP contribution in [0, 0.1) is 5.92 Å². The molecule has 4 heterocycles. The first-order valence-corrected chi connectivity index (χ1v) is 13.2. The molecule has 0 bridgehead atoms. The molecule has 0 aromatic heterocycles. The lowest BCUT2D eigenvalue weighted by atomic mass is 9.83. The van der Waals surface area contributed by atoms with Crippen molar-refractivity contribution in [3.8, 4) is 0 Å². The molecule has 0 radical (unpaired) electrons. The van der Waals surface area contributed by atoms with E-state index in [9.17, 15) is 9.90 Å². The van der Waals surface area contributed by atoms with Gasteiger partial charge in [-0.2, -0.15) is 0 Å². The second kappa shape index (κ2) is 10.3. The maximum Gasteiger partial charge on any atom is 0.253 e. The van der Waals surface area contributed by atoms with Crippen molar-refractivity contribution in [3.05, 3.63) is 11.1 Å². The third-order valence-corrected chi connectivity index (χ3v) is 8.57. The van der Waals surface area contributed by atoms with Crippen LogP contribution in [-0.2, 0) is 4.79 Å². The molecule has 0 aromatic rings. The van der Waals surface area contributed by atoms with E-state index in [0.717, 1.165) is 64.1 Å². The number of aliphatic hydroxyl groups is 1. The minimum atomic E-state index is -0.728. The number of rotatable bonds is 5. The van der Waals surface area contributed by atoms with Gasteiger partial charge in [0.05, 0.1) is 18.4 Å². The van der Waals surface area contributed by atoms with Gasteiger partial charge in [0.25, 0.3) is 5.91 Å². The Labute approximate surface area is 198 Å². The number of nitrogens with zero attached hydrogens (tertiary/aromatic N) is 2. The Balaban J connectivity index is 1.23. The number of hydrogen-bond acceptors (Lipinski definition) is 8. The summed E-state index contributed by atoms with van der Waals surface area (Å²) in [7, 11) is 0. The Morgan fingerprint density at radius 2 is 1.79 bits per heavy atom. The van der Waals surface area contributed by atoms with Crippen LogP contribution in [0.1, 0.15) is 52.4 Å². The van der Waals surface area contributed by atoms with Crippen molar-refractivity contribution in [2.45, 2.75) is 89.2 Å². The van der Waals surface area contributed by atoms with E-state index >= 15 is 0 Å². The standard InChI is InChI=1S/C24H43N7O2/c1-15-19-14-27-24(28-20-8-7-18(13-26-20)30-11-9-25-10-12-30)29-22(19)31(17-5-3-4-6-17)23(33)21(15)16(2)32/h16-20,22,24-29,32H,3-14H2,1-2H3. The number of hydrogen-bond donors (Lipinski definition) is 6. The van der Waals surface area contributed by atoms with Crippen LogP contribution in [0.15, 0.2) is 11.1 Å². The highest BCUT2D eigenvalue weighted by Crippen LogP contribution is 2.36. The van der Waals surface area contributed by atoms with E-state index in [1.54, 1.807) is 6.92 Å². The Morgan fingerprint density at radius 3 is 2.45 bits per heavy atom. The molecule has 5 aliphatic rings. The average molecular weight is 462 g/mol. The van der Waals surface area contributed by atoms with E-state index in [2.05, 4.69) is 36.4 Å². The SMILES string of the molecule is CC1=C(C(C)O)C(=O)N(C2CCCC2)C2NC(NC3CCC(N4CCNCC4)CN3)NCC12. The number of amides is 1. The van der Waals surface area contributed by atoms with Gasteiger partial charge in [0.1, 0.15) is 6.29 Å². The summed E-state index contributed by atoms with van der Waals surface area (Å²) in [6, 6.07) is 0.896. The normalized spacial score (nSPS) is 38.0. The highest BCUT2D eigenvalue weighted by molar-refractivity contribution is 5.96. The number of carbonyl (C=O) groups excluding carboxylic acids is 1. The second-order valence-electron chi connectivity index (χ2n) is 10.6. The van der Waals surface area contributed by atoms with Crippen LogP contribution in [-0.4, -0.2) is 96.9 Å². The van der Waals surface area contributed by atoms with Gasteiger partial charge in [0, 0.05) is 62.8 Å². The smallest absolute Gasteiger partial charge is 0.253 e. The molecule has 5 rings (SSSR count). The van der Waals surface area contributed by atoms with Crippen LogP contribution in [0.4, 0.5) is 0 Å². The summed E-state index contributed by atoms with van der Waals surface area (Å²) >= 11 is 0. The van der Waals surface area contributed by atoms with Crippen molar-refractivity contribution in [2.24, 2.45) is 5.92 Å². The summed E-state index contributed by atoms with van der Waals surface area (Å²) in [6.07, 6.45) is 6.24. The lowest BCUT2D eigenvalue weighted by Gasteiger charge is -2.51. The minimum Gasteiger partial charge on any atom is -0.389 e. The Hall–Kier alpha value is -1.07. The number of piperidine rings is 1. The second-order valence-corrected chi connectivity index (χ2v) is 10.6. The molecule has 6 unspecified atom stereocenters. The summed E-state index contributed by atoms with van der Waals surface area (Å²) in [5, 5.41) is 28.6. The van der Waals surface area contributed by atoms with E-state index in [1.165, 1.54) is 19.3 Å². The number of aliphatic hydroxyl groups excluding tert-OH is 1. The number of nitrogens with one attached hydrogen (secondary N) is 5. The van der Waals surface area contributed by atoms with Gasteiger partial charge in [-0.25, -0.2) is 0 Å². The molecule has 9 heteroatoms. The summed E-state index contributed by atoms with van der Waals surface area (Å²) in [5.74, 6) is 0.209. The van der Waals surface area contributed by atoms with Gasteiger partial charge in [-0.05, 0) is 39.5 Å². The molecule has 0 aromatic carbocycles. The molecule has 1 aliphatic carbocycles. The fraction of sp³-hybridized carbons (Fsp3) is 0.875. The first-order valence-electron chi connectivity index (χ1n) is 13.2. The summed E-state index contributed by atoms with van der Waals surface area (Å²) < 4.78 is 0. The average Bonchev–Trinajstić information content (AvgIpc) is 3.34. The monoisotopic (exact) mass is 461 g/mol. The third-order valence-electron chi connectivity index (χ3n) is 8.57. The zero-order valence-electron chi connectivity index (χ0n) is 20.3. The molecular formula is C24H43N7O2. The molecule has 1 amide bonds. The molecule has 186 valence electrons. The van der Waals surface area contributed by atoms with Crippen molar-refractivity contribution < 1.29 is 9.90 Å². The minimum absolute atomic E-state index is 0.0263. The van der Waals surface area contributed by atoms with Crippen molar-refractivity contribution in [1.29, 1.82) is 0 Å². The Bertz CT molecular complexity index is 724. The van der Waals surface area contributed by atoms with Gasteiger partial charge < -0.3 is 20.6 Å². The molecular weight excluding hydrogens is 418 g/mol. The van der Waals surface area contributed by atoms with Crippen molar-refractivity contribution in [1.82, 2.24) is 36.4 Å². The molecule has 4 aliphatic heterocycles. The van der Waals surface area contributed by atoms with Crippen LogP contribution in [0.5, 0.6) is 0 Å². The fourth-order valence-electron chi connectivity index (χ4n) is 6.73. The topological polar surface area (TPSA) is 104 Å². The molecule has 1 saturated carbocycles. The predicted octanol–water partition coefficient (Wildman–Crippen LogP) is -0.540. The van der Waals surface area contributed by atoms with Crippen LogP contribution >= 0.6 is 0 Å². The zero-order chi connectivity index (χ0) is 22.9. The molecule has 33 heavy (non-hydrogen) atoms. The van der Waals surface area contributed by atoms with Gasteiger partial charge >= 0.3 is 0 Å². The van der Waals surface area contributed by atoms with Crippen LogP contribution in [0.2, 0.25) is 0 Å². The molecule has 6 N–H and O–H groups in total. The van der Waals surface area contributed by atoms with Gasteiger partial charge in [-0.3, -0.25) is 25.6 Å². The number of fused-ring (bicyclic) bond motifs is 1. The molecule has 0 spiro atoms. The lowest BCUT2D eigenvalue weighted by Crippen LogP contribution is -2.74. The number of carbonyl (C=O) groups is 1. The summed E-state index contributed by atoms with van der Waals surface area (Å²) in [6.45, 7) is 10.0. The van der Waals surface area contributed by atoms with Crippen LogP contribution in [0.25, 0.3) is 0 Å². The van der Waals surface area contributed by atoms with Crippen LogP contribution < -0.4 is 26.6 Å². The Morgan fingerprint density at radius 1 is 1.03 bits per heavy atom. The number of piperazine rings is 1. The van der Waals surface area contributed by atoms with Crippen LogP contribution in [0.3, 0.4) is 0 Å².